The largest absolute Gasteiger partial charge is 0.497 e. The van der Waals surface area contributed by atoms with Gasteiger partial charge in [0.05, 0.1) is 42.5 Å². The van der Waals surface area contributed by atoms with Crippen molar-refractivity contribution in [3.05, 3.63) is 58.7 Å². The van der Waals surface area contributed by atoms with Crippen molar-refractivity contribution in [1.29, 1.82) is 0 Å². The van der Waals surface area contributed by atoms with Gasteiger partial charge in [0.2, 0.25) is 0 Å². The van der Waals surface area contributed by atoms with Crippen molar-refractivity contribution in [2.75, 3.05) is 20.7 Å². The minimum Gasteiger partial charge on any atom is -0.497 e. The first-order chi connectivity index (χ1) is 21.1. The van der Waals surface area contributed by atoms with Gasteiger partial charge in [-0.2, -0.15) is 0 Å². The van der Waals surface area contributed by atoms with Crippen molar-refractivity contribution >= 4 is 28.9 Å². The quantitative estimate of drug-likeness (QED) is 0.312. The molecule has 0 radical (unpaired) electrons. The van der Waals surface area contributed by atoms with E-state index in [1.54, 1.807) is 7.11 Å². The number of rotatable bonds is 4. The fourth-order valence-electron chi connectivity index (χ4n) is 9.06. The SMILES string of the molecule is COc1ccc2c(c1)C=C(C(=O)N1C3CCC34C1CN4C)Cn1c-2c(C2CCCCC2)c2ccc(C(=O)OC(C)(C)C)cc21. The van der Waals surface area contributed by atoms with E-state index >= 15 is 0 Å². The fraction of sp³-hybridized carbons (Fsp3) is 0.514. The molecule has 1 aromatic heterocycles. The van der Waals surface area contributed by atoms with Gasteiger partial charge in [-0.15, -0.1) is 0 Å². The van der Waals surface area contributed by atoms with Gasteiger partial charge in [-0.1, -0.05) is 25.3 Å². The molecule has 2 aliphatic carbocycles. The number of ether oxygens (including phenoxy) is 2. The summed E-state index contributed by atoms with van der Waals surface area (Å²) in [6, 6.07) is 12.9. The number of hydrogen-bond donors (Lipinski definition) is 0. The Balaban J connectivity index is 1.30. The highest BCUT2D eigenvalue weighted by molar-refractivity contribution is 6.04. The number of carbonyl (C=O) groups excluding carboxylic acids is 2. The molecule has 4 heterocycles. The molecule has 1 amide bonds. The maximum absolute atomic E-state index is 14.5. The van der Waals surface area contributed by atoms with E-state index in [0.717, 1.165) is 53.8 Å². The first-order valence-electron chi connectivity index (χ1n) is 16.4. The third kappa shape index (κ3) is 3.90. The molecule has 7 heteroatoms. The molecule has 0 N–H and O–H groups in total. The standard InChI is InChI=1S/C37H43N3O4/c1-36(2,3)44-35(42)23-11-13-28-29(19-23)39-20-25(34(41)40-30-15-16-37(30)31(40)21-38(37)4)17-24-18-26(43-5)12-14-27(24)33(39)32(28)22-9-7-6-8-10-22/h11-14,17-19,22,30-31H,6-10,15-16,20-21H2,1-5H3. The van der Waals surface area contributed by atoms with E-state index in [1.165, 1.54) is 42.3 Å². The van der Waals surface area contributed by atoms with E-state index in [0.29, 0.717) is 30.1 Å². The highest BCUT2D eigenvalue weighted by atomic mass is 16.6. The average molecular weight is 594 g/mol. The lowest BCUT2D eigenvalue weighted by Gasteiger charge is -2.80. The summed E-state index contributed by atoms with van der Waals surface area (Å²) in [5.41, 5.74) is 6.63. The number of esters is 1. The molecule has 0 bridgehead atoms. The number of carbonyl (C=O) groups is 2. The number of nitrogens with zero attached hydrogens (tertiary/aromatic N) is 3. The molecule has 2 aromatic carbocycles. The van der Waals surface area contributed by atoms with Gasteiger partial charge in [0.25, 0.3) is 5.91 Å². The minimum atomic E-state index is -0.584. The number of amides is 1. The molecular formula is C37H43N3O4. The van der Waals surface area contributed by atoms with Crippen LogP contribution in [0.4, 0.5) is 0 Å². The Labute approximate surface area is 259 Å². The third-order valence-electron chi connectivity index (χ3n) is 11.2. The van der Waals surface area contributed by atoms with E-state index < -0.39 is 5.60 Å². The van der Waals surface area contributed by atoms with Gasteiger partial charge in [0.15, 0.2) is 0 Å². The van der Waals surface area contributed by atoms with Gasteiger partial charge in [-0.25, -0.2) is 4.79 Å². The van der Waals surface area contributed by atoms with Gasteiger partial charge in [0, 0.05) is 28.6 Å². The molecular weight excluding hydrogens is 550 g/mol. The zero-order chi connectivity index (χ0) is 30.5. The van der Waals surface area contributed by atoms with Crippen LogP contribution in [0.1, 0.15) is 93.1 Å². The Morgan fingerprint density at radius 3 is 2.43 bits per heavy atom. The Morgan fingerprint density at radius 2 is 1.77 bits per heavy atom. The molecule has 7 nitrogen and oxygen atoms in total. The third-order valence-corrected chi connectivity index (χ3v) is 11.2. The monoisotopic (exact) mass is 593 g/mol. The molecule has 5 aliphatic rings. The van der Waals surface area contributed by atoms with E-state index in [9.17, 15) is 9.59 Å². The van der Waals surface area contributed by atoms with Crippen LogP contribution in [-0.2, 0) is 16.1 Å². The number of likely N-dealkylation sites (tertiary alicyclic amines) is 2. The van der Waals surface area contributed by atoms with Gasteiger partial charge >= 0.3 is 5.97 Å². The van der Waals surface area contributed by atoms with Crippen LogP contribution < -0.4 is 4.74 Å². The smallest absolute Gasteiger partial charge is 0.338 e. The summed E-state index contributed by atoms with van der Waals surface area (Å²) < 4.78 is 13.8. The first-order valence-corrected chi connectivity index (χ1v) is 16.4. The summed E-state index contributed by atoms with van der Waals surface area (Å²) in [4.78, 5) is 32.4. The lowest BCUT2D eigenvalue weighted by atomic mass is 9.52. The molecule has 1 spiro atoms. The molecule has 8 rings (SSSR count). The van der Waals surface area contributed by atoms with E-state index in [2.05, 4.69) is 45.7 Å². The fourth-order valence-corrected chi connectivity index (χ4v) is 9.06. The zero-order valence-corrected chi connectivity index (χ0v) is 26.6. The van der Waals surface area contributed by atoms with Crippen LogP contribution in [0.25, 0.3) is 28.2 Å². The Morgan fingerprint density at radius 1 is 0.977 bits per heavy atom. The molecule has 3 unspecified atom stereocenters. The second-order valence-corrected chi connectivity index (χ2v) is 14.7. The van der Waals surface area contributed by atoms with Crippen molar-refractivity contribution in [1.82, 2.24) is 14.4 Å². The van der Waals surface area contributed by atoms with Crippen LogP contribution in [0.2, 0.25) is 0 Å². The molecule has 4 fully saturated rings. The second kappa shape index (κ2) is 9.71. The molecule has 2 saturated carbocycles. The average Bonchev–Trinajstić information content (AvgIpc) is 3.19. The minimum absolute atomic E-state index is 0.148. The van der Waals surface area contributed by atoms with Gasteiger partial charge in [-0.3, -0.25) is 9.69 Å². The summed E-state index contributed by atoms with van der Waals surface area (Å²) in [5.74, 6) is 1.04. The molecule has 3 aromatic rings. The Bertz CT molecular complexity index is 1730. The molecule has 2 saturated heterocycles. The summed E-state index contributed by atoms with van der Waals surface area (Å²) in [5, 5.41) is 1.18. The summed E-state index contributed by atoms with van der Waals surface area (Å²) in [6.45, 7) is 7.10. The van der Waals surface area contributed by atoms with E-state index in [-0.39, 0.29) is 17.4 Å². The number of piperidine rings is 1. The highest BCUT2D eigenvalue weighted by Gasteiger charge is 2.75. The normalized spacial score (nSPS) is 26.1. The molecule has 44 heavy (non-hydrogen) atoms. The first kappa shape index (κ1) is 27.9. The van der Waals surface area contributed by atoms with Crippen LogP contribution in [0.15, 0.2) is 42.0 Å². The molecule has 230 valence electrons. The van der Waals surface area contributed by atoms with Crippen molar-refractivity contribution < 1.29 is 19.1 Å². The number of aromatic nitrogens is 1. The number of piperazine rings is 1. The topological polar surface area (TPSA) is 64.0 Å². The van der Waals surface area contributed by atoms with Crippen LogP contribution in [0.5, 0.6) is 5.75 Å². The van der Waals surface area contributed by atoms with Gasteiger partial charge in [-0.05, 0) is 107 Å². The predicted octanol–water partition coefficient (Wildman–Crippen LogP) is 6.77. The van der Waals surface area contributed by atoms with E-state index in [4.69, 9.17) is 9.47 Å². The number of likely N-dealkylation sites (N-methyl/N-ethyl adjacent to an activating group) is 1. The number of hydrogen-bond acceptors (Lipinski definition) is 5. The van der Waals surface area contributed by atoms with Crippen LogP contribution >= 0.6 is 0 Å². The van der Waals surface area contributed by atoms with Crippen LogP contribution in [0, 0.1) is 0 Å². The van der Waals surface area contributed by atoms with Crippen LogP contribution in [-0.4, -0.2) is 70.2 Å². The maximum atomic E-state index is 14.5. The summed E-state index contributed by atoms with van der Waals surface area (Å²) in [7, 11) is 3.89. The van der Waals surface area contributed by atoms with Gasteiger partial charge < -0.3 is 18.9 Å². The van der Waals surface area contributed by atoms with Crippen molar-refractivity contribution in [3.8, 4) is 17.0 Å². The molecule has 3 aliphatic heterocycles. The maximum Gasteiger partial charge on any atom is 0.338 e. The Kier molecular flexibility index (Phi) is 6.16. The van der Waals surface area contributed by atoms with Crippen molar-refractivity contribution in [3.63, 3.8) is 0 Å². The number of fused-ring (bicyclic) bond motifs is 5. The lowest BCUT2D eigenvalue weighted by Crippen LogP contribution is -2.95. The lowest BCUT2D eigenvalue weighted by molar-refractivity contribution is -0.273. The van der Waals surface area contributed by atoms with Gasteiger partial charge in [0.1, 0.15) is 11.4 Å². The van der Waals surface area contributed by atoms with E-state index in [1.807, 2.05) is 39.0 Å². The van der Waals surface area contributed by atoms with Crippen molar-refractivity contribution in [2.45, 2.75) is 101 Å². The zero-order valence-electron chi connectivity index (χ0n) is 26.6. The molecule has 3 atom stereocenters. The van der Waals surface area contributed by atoms with Crippen molar-refractivity contribution in [2.24, 2.45) is 0 Å². The highest BCUT2D eigenvalue weighted by Crippen LogP contribution is 2.60. The summed E-state index contributed by atoms with van der Waals surface area (Å²) in [6.07, 6.45) is 10.4. The second-order valence-electron chi connectivity index (χ2n) is 14.7. The van der Waals surface area contributed by atoms with Crippen LogP contribution in [0.3, 0.4) is 0 Å². The number of methoxy groups -OCH3 is 1. The number of benzene rings is 2. The Hall–Kier alpha value is -3.58. The summed E-state index contributed by atoms with van der Waals surface area (Å²) >= 11 is 0. The predicted molar refractivity (Wildman–Crippen MR) is 172 cm³/mol.